The zero-order valence-electron chi connectivity index (χ0n) is 16.8. The number of nitrogens with zero attached hydrogens (tertiary/aromatic N) is 1. The topological polar surface area (TPSA) is 70.9 Å². The monoisotopic (exact) mass is 508 g/mol. The van der Waals surface area contributed by atoms with Crippen molar-refractivity contribution < 1.29 is 14.6 Å². The first-order valence-corrected chi connectivity index (χ1v) is 10.9. The zero-order valence-corrected chi connectivity index (χ0v) is 19.1. The van der Waals surface area contributed by atoms with Crippen molar-refractivity contribution in [3.63, 3.8) is 0 Å². The lowest BCUT2D eigenvalue weighted by Gasteiger charge is -2.10. The summed E-state index contributed by atoms with van der Waals surface area (Å²) in [6.45, 7) is 0.344. The van der Waals surface area contributed by atoms with Gasteiger partial charge in [0.05, 0.1) is 16.3 Å². The van der Waals surface area contributed by atoms with Crippen molar-refractivity contribution in [1.82, 2.24) is 5.43 Å². The number of benzene rings is 4. The number of aromatic hydroxyl groups is 1. The van der Waals surface area contributed by atoms with Gasteiger partial charge in [-0.2, -0.15) is 5.10 Å². The smallest absolute Gasteiger partial charge is 0.275 e. The Bertz CT molecular complexity index is 1320. The molecule has 0 radical (unpaired) electrons. The van der Waals surface area contributed by atoms with Crippen molar-refractivity contribution >= 4 is 50.4 Å². The van der Waals surface area contributed by atoms with Crippen molar-refractivity contribution in [2.24, 2.45) is 5.10 Å². The van der Waals surface area contributed by atoms with E-state index in [2.05, 4.69) is 26.5 Å². The third-order valence-electron chi connectivity index (χ3n) is 4.79. The van der Waals surface area contributed by atoms with Gasteiger partial charge >= 0.3 is 0 Å². The van der Waals surface area contributed by atoms with E-state index in [-0.39, 0.29) is 11.3 Å². The van der Waals surface area contributed by atoms with E-state index >= 15 is 0 Å². The molecule has 0 aliphatic carbocycles. The Kier molecular flexibility index (Phi) is 6.73. The number of rotatable bonds is 6. The quantitative estimate of drug-likeness (QED) is 0.236. The third-order valence-corrected chi connectivity index (χ3v) is 5.77. The van der Waals surface area contributed by atoms with E-state index in [1.165, 1.54) is 6.21 Å². The molecular weight excluding hydrogens is 492 g/mol. The maximum Gasteiger partial charge on any atom is 0.275 e. The summed E-state index contributed by atoms with van der Waals surface area (Å²) in [6, 6.07) is 23.6. The van der Waals surface area contributed by atoms with Crippen molar-refractivity contribution in [3.8, 4) is 11.5 Å². The lowest BCUT2D eigenvalue weighted by molar-refractivity contribution is 0.0952. The number of hydrogen-bond donors (Lipinski definition) is 2. The van der Waals surface area contributed by atoms with Crippen molar-refractivity contribution in [1.29, 1.82) is 0 Å². The molecule has 2 N–H and O–H groups in total. The first kappa shape index (κ1) is 21.9. The average Bonchev–Trinajstić information content (AvgIpc) is 2.79. The summed E-state index contributed by atoms with van der Waals surface area (Å²) in [4.78, 5) is 12.4. The number of halogens is 2. The summed E-state index contributed by atoms with van der Waals surface area (Å²) in [7, 11) is 0. The summed E-state index contributed by atoms with van der Waals surface area (Å²) < 4.78 is 6.58. The normalized spacial score (nSPS) is 11.1. The molecule has 32 heavy (non-hydrogen) atoms. The zero-order chi connectivity index (χ0) is 22.5. The molecule has 0 aromatic heterocycles. The summed E-state index contributed by atoms with van der Waals surface area (Å²) in [5.74, 6) is 0.0645. The SMILES string of the molecule is O=C(NN=Cc1ccc(OCc2ccccc2Cl)c(Br)c1)c1cc2ccccc2cc1O. The lowest BCUT2D eigenvalue weighted by atomic mass is 10.1. The van der Waals surface area contributed by atoms with Crippen LogP contribution >= 0.6 is 27.5 Å². The Morgan fingerprint density at radius 3 is 2.50 bits per heavy atom. The molecule has 4 aromatic carbocycles. The van der Waals surface area contributed by atoms with Crippen LogP contribution in [0.25, 0.3) is 10.8 Å². The standard InChI is InChI=1S/C25H18BrClN2O3/c26-21-11-16(9-10-24(21)32-15-19-7-3-4-8-22(19)27)14-28-29-25(31)20-12-17-5-1-2-6-18(17)13-23(20)30/h1-14,30H,15H2,(H,29,31). The van der Waals surface area contributed by atoms with Crippen LogP contribution in [0.1, 0.15) is 21.5 Å². The Balaban J connectivity index is 1.40. The van der Waals surface area contributed by atoms with Gasteiger partial charge in [0.25, 0.3) is 5.91 Å². The van der Waals surface area contributed by atoms with E-state index < -0.39 is 5.91 Å². The summed E-state index contributed by atoms with van der Waals surface area (Å²) in [5.41, 5.74) is 4.26. The first-order chi connectivity index (χ1) is 15.5. The molecule has 0 bridgehead atoms. The van der Waals surface area contributed by atoms with E-state index in [1.54, 1.807) is 18.2 Å². The number of phenols is 1. The number of fused-ring (bicyclic) bond motifs is 1. The summed E-state index contributed by atoms with van der Waals surface area (Å²) in [6.07, 6.45) is 1.51. The van der Waals surface area contributed by atoms with E-state index in [4.69, 9.17) is 16.3 Å². The van der Waals surface area contributed by atoms with Gasteiger partial charge in [-0.15, -0.1) is 0 Å². The van der Waals surface area contributed by atoms with Gasteiger partial charge in [-0.25, -0.2) is 5.43 Å². The molecule has 160 valence electrons. The highest BCUT2D eigenvalue weighted by Crippen LogP contribution is 2.28. The molecule has 7 heteroatoms. The van der Waals surface area contributed by atoms with Crippen LogP contribution in [0.3, 0.4) is 0 Å². The molecule has 0 unspecified atom stereocenters. The molecular formula is C25H18BrClN2O3. The van der Waals surface area contributed by atoms with E-state index in [9.17, 15) is 9.90 Å². The molecule has 0 heterocycles. The van der Waals surface area contributed by atoms with Gasteiger partial charge in [0.2, 0.25) is 0 Å². The second-order valence-electron chi connectivity index (χ2n) is 6.99. The number of hydrogen-bond acceptors (Lipinski definition) is 4. The minimum absolute atomic E-state index is 0.0980. The molecule has 0 saturated heterocycles. The molecule has 0 spiro atoms. The fourth-order valence-corrected chi connectivity index (χ4v) is 3.82. The van der Waals surface area contributed by atoms with Gasteiger partial charge in [0, 0.05) is 10.6 Å². The molecule has 0 aliphatic heterocycles. The van der Waals surface area contributed by atoms with Gasteiger partial charge in [-0.1, -0.05) is 54.1 Å². The van der Waals surface area contributed by atoms with Crippen LogP contribution in [-0.4, -0.2) is 17.2 Å². The van der Waals surface area contributed by atoms with E-state index in [0.29, 0.717) is 17.4 Å². The highest BCUT2D eigenvalue weighted by atomic mass is 79.9. The Morgan fingerprint density at radius 2 is 1.75 bits per heavy atom. The Hall–Kier alpha value is -3.35. The van der Waals surface area contributed by atoms with Gasteiger partial charge in [0.15, 0.2) is 0 Å². The fourth-order valence-electron chi connectivity index (χ4n) is 3.12. The van der Waals surface area contributed by atoms with Gasteiger partial charge < -0.3 is 9.84 Å². The third kappa shape index (κ3) is 5.10. The number of ether oxygens (including phenoxy) is 1. The van der Waals surface area contributed by atoms with Crippen molar-refractivity contribution in [3.05, 3.63) is 105 Å². The Morgan fingerprint density at radius 1 is 1.03 bits per heavy atom. The number of nitrogens with one attached hydrogen (secondary N) is 1. The van der Waals surface area contributed by atoms with Crippen LogP contribution in [0, 0.1) is 0 Å². The van der Waals surface area contributed by atoms with Crippen LogP contribution in [0.2, 0.25) is 5.02 Å². The summed E-state index contributed by atoms with van der Waals surface area (Å²) in [5, 5.41) is 16.5. The van der Waals surface area contributed by atoms with E-state index in [0.717, 1.165) is 26.4 Å². The van der Waals surface area contributed by atoms with Crippen LogP contribution in [0.15, 0.2) is 88.4 Å². The molecule has 0 atom stereocenters. The number of amides is 1. The molecule has 0 saturated carbocycles. The largest absolute Gasteiger partial charge is 0.507 e. The van der Waals surface area contributed by atoms with Crippen LogP contribution in [0.4, 0.5) is 0 Å². The van der Waals surface area contributed by atoms with Crippen molar-refractivity contribution in [2.75, 3.05) is 0 Å². The minimum atomic E-state index is -0.497. The second kappa shape index (κ2) is 9.85. The Labute approximate surface area is 198 Å². The molecule has 4 aromatic rings. The van der Waals surface area contributed by atoms with Crippen LogP contribution in [0.5, 0.6) is 11.5 Å². The van der Waals surface area contributed by atoms with Gasteiger partial charge in [-0.05, 0) is 68.7 Å². The van der Waals surface area contributed by atoms with Crippen molar-refractivity contribution in [2.45, 2.75) is 6.61 Å². The maximum absolute atomic E-state index is 12.4. The highest BCUT2D eigenvalue weighted by Gasteiger charge is 2.12. The lowest BCUT2D eigenvalue weighted by Crippen LogP contribution is -2.17. The minimum Gasteiger partial charge on any atom is -0.507 e. The number of carbonyl (C=O) groups excluding carboxylic acids is 1. The number of carbonyl (C=O) groups is 1. The van der Waals surface area contributed by atoms with Crippen LogP contribution in [-0.2, 0) is 6.61 Å². The van der Waals surface area contributed by atoms with Gasteiger partial charge in [0.1, 0.15) is 18.1 Å². The maximum atomic E-state index is 12.4. The predicted octanol–water partition coefficient (Wildman–Crippen LogP) is 6.30. The van der Waals surface area contributed by atoms with E-state index in [1.807, 2.05) is 60.7 Å². The van der Waals surface area contributed by atoms with Gasteiger partial charge in [-0.3, -0.25) is 4.79 Å². The molecule has 5 nitrogen and oxygen atoms in total. The fraction of sp³-hybridized carbons (Fsp3) is 0.0400. The molecule has 0 fully saturated rings. The molecule has 1 amide bonds. The second-order valence-corrected chi connectivity index (χ2v) is 8.25. The number of hydrazone groups is 1. The predicted molar refractivity (Wildman–Crippen MR) is 131 cm³/mol. The average molecular weight is 510 g/mol. The molecule has 4 rings (SSSR count). The summed E-state index contributed by atoms with van der Waals surface area (Å²) >= 11 is 9.65. The number of phenolic OH excluding ortho intramolecular Hbond substituents is 1. The highest BCUT2D eigenvalue weighted by molar-refractivity contribution is 9.10. The molecule has 0 aliphatic rings. The van der Waals surface area contributed by atoms with Crippen LogP contribution < -0.4 is 10.2 Å². The first-order valence-electron chi connectivity index (χ1n) is 9.72.